The van der Waals surface area contributed by atoms with E-state index in [-0.39, 0.29) is 12.3 Å². The van der Waals surface area contributed by atoms with Gasteiger partial charge >= 0.3 is 0 Å². The van der Waals surface area contributed by atoms with Gasteiger partial charge < -0.3 is 10.6 Å². The van der Waals surface area contributed by atoms with Crippen molar-refractivity contribution >= 4 is 0 Å². The number of hydrogen-bond donors (Lipinski definition) is 1. The van der Waals surface area contributed by atoms with Crippen molar-refractivity contribution in [3.63, 3.8) is 0 Å². The summed E-state index contributed by atoms with van der Waals surface area (Å²) in [4.78, 5) is 2.09. The van der Waals surface area contributed by atoms with Gasteiger partial charge in [-0.25, -0.2) is 8.78 Å². The molecule has 1 aliphatic heterocycles. The number of rotatable bonds is 2. The third kappa shape index (κ3) is 1.77. The van der Waals surface area contributed by atoms with Gasteiger partial charge in [-0.1, -0.05) is 0 Å². The summed E-state index contributed by atoms with van der Waals surface area (Å²) in [5.74, 6) is -2.61. The van der Waals surface area contributed by atoms with Crippen LogP contribution in [0, 0.1) is 11.8 Å². The molecule has 2 aliphatic rings. The highest BCUT2D eigenvalue weighted by Crippen LogP contribution is 2.45. The zero-order valence-corrected chi connectivity index (χ0v) is 8.38. The number of fused-ring (bicyclic) bond motifs is 1. The molecule has 2 rings (SSSR count). The van der Waals surface area contributed by atoms with Crippen LogP contribution in [0.25, 0.3) is 0 Å². The van der Waals surface area contributed by atoms with Gasteiger partial charge in [-0.3, -0.25) is 0 Å². The molecular weight excluding hydrogens is 186 g/mol. The highest BCUT2D eigenvalue weighted by Gasteiger charge is 2.50. The van der Waals surface area contributed by atoms with Crippen molar-refractivity contribution < 1.29 is 8.78 Å². The van der Waals surface area contributed by atoms with E-state index in [4.69, 9.17) is 5.73 Å². The van der Waals surface area contributed by atoms with Gasteiger partial charge in [0, 0.05) is 38.5 Å². The van der Waals surface area contributed by atoms with Gasteiger partial charge in [-0.15, -0.1) is 0 Å². The molecule has 2 N–H and O–H groups in total. The molecule has 1 heterocycles. The Morgan fingerprint density at radius 2 is 2.14 bits per heavy atom. The monoisotopic (exact) mass is 204 g/mol. The van der Waals surface area contributed by atoms with E-state index in [1.807, 2.05) is 0 Å². The summed E-state index contributed by atoms with van der Waals surface area (Å²) in [6.07, 6.45) is 1.75. The maximum atomic E-state index is 13.5. The molecule has 0 unspecified atom stereocenters. The van der Waals surface area contributed by atoms with Gasteiger partial charge in [0.05, 0.1) is 0 Å². The van der Waals surface area contributed by atoms with Crippen molar-refractivity contribution in [2.24, 2.45) is 17.6 Å². The summed E-state index contributed by atoms with van der Waals surface area (Å²) in [7, 11) is 0. The highest BCUT2D eigenvalue weighted by atomic mass is 19.3. The van der Waals surface area contributed by atoms with Crippen molar-refractivity contribution in [3.8, 4) is 0 Å². The van der Waals surface area contributed by atoms with Crippen LogP contribution in [0.2, 0.25) is 0 Å². The smallest absolute Gasteiger partial charge is 0.252 e. The molecule has 4 heteroatoms. The molecule has 0 aromatic heterocycles. The van der Waals surface area contributed by atoms with Crippen molar-refractivity contribution in [1.29, 1.82) is 0 Å². The largest absolute Gasteiger partial charge is 0.329 e. The molecular formula is C10H18F2N2. The van der Waals surface area contributed by atoms with Gasteiger partial charge in [0.2, 0.25) is 0 Å². The molecule has 2 fully saturated rings. The van der Waals surface area contributed by atoms with Crippen molar-refractivity contribution in [3.05, 3.63) is 0 Å². The lowest BCUT2D eigenvalue weighted by atomic mass is 9.79. The van der Waals surface area contributed by atoms with Gasteiger partial charge in [0.1, 0.15) is 0 Å². The Hall–Kier alpha value is -0.220. The molecule has 2 nitrogen and oxygen atoms in total. The summed E-state index contributed by atoms with van der Waals surface area (Å²) >= 11 is 0. The lowest BCUT2D eigenvalue weighted by molar-refractivity contribution is -0.0945. The Balaban J connectivity index is 2.01. The van der Waals surface area contributed by atoms with Crippen LogP contribution in [0.15, 0.2) is 0 Å². The number of halogens is 2. The fourth-order valence-electron chi connectivity index (χ4n) is 2.88. The highest BCUT2D eigenvalue weighted by molar-refractivity contribution is 4.95. The van der Waals surface area contributed by atoms with Crippen molar-refractivity contribution in [2.45, 2.75) is 25.2 Å². The second-order valence-corrected chi connectivity index (χ2v) is 4.57. The zero-order chi connectivity index (χ0) is 10.2. The lowest BCUT2D eigenvalue weighted by Gasteiger charge is -2.32. The Kier molecular flexibility index (Phi) is 2.75. The molecule has 0 spiro atoms. The first-order valence-corrected chi connectivity index (χ1v) is 5.44. The predicted octanol–water partition coefficient (Wildman–Crippen LogP) is 1.31. The number of nitrogens with two attached hydrogens (primary N) is 1. The maximum absolute atomic E-state index is 13.5. The Morgan fingerprint density at radius 1 is 1.36 bits per heavy atom. The fraction of sp³-hybridized carbons (Fsp3) is 1.00. The topological polar surface area (TPSA) is 29.3 Å². The van der Waals surface area contributed by atoms with Crippen LogP contribution in [0.3, 0.4) is 0 Å². The summed E-state index contributed by atoms with van der Waals surface area (Å²) in [6.45, 7) is 2.72. The Labute approximate surface area is 83.4 Å². The van der Waals surface area contributed by atoms with E-state index in [1.165, 1.54) is 0 Å². The third-order valence-corrected chi connectivity index (χ3v) is 3.59. The predicted molar refractivity (Wildman–Crippen MR) is 51.3 cm³/mol. The molecule has 0 radical (unpaired) electrons. The molecule has 14 heavy (non-hydrogen) atoms. The van der Waals surface area contributed by atoms with Crippen LogP contribution >= 0.6 is 0 Å². The van der Waals surface area contributed by atoms with E-state index in [9.17, 15) is 8.78 Å². The summed E-state index contributed by atoms with van der Waals surface area (Å²) in [5, 5.41) is 0. The zero-order valence-electron chi connectivity index (χ0n) is 8.38. The summed E-state index contributed by atoms with van der Waals surface area (Å²) in [6, 6.07) is 0. The molecule has 0 amide bonds. The molecule has 2 atom stereocenters. The van der Waals surface area contributed by atoms with Gasteiger partial charge in [-0.2, -0.15) is 0 Å². The first-order valence-electron chi connectivity index (χ1n) is 5.44. The minimum atomic E-state index is -2.42. The molecule has 1 aliphatic carbocycles. The Morgan fingerprint density at radius 3 is 2.79 bits per heavy atom. The van der Waals surface area contributed by atoms with Crippen LogP contribution < -0.4 is 5.73 Å². The normalized spacial score (nSPS) is 37.1. The number of hydrogen-bond acceptors (Lipinski definition) is 2. The van der Waals surface area contributed by atoms with Gasteiger partial charge in [0.25, 0.3) is 5.92 Å². The van der Waals surface area contributed by atoms with E-state index in [1.54, 1.807) is 0 Å². The second kappa shape index (κ2) is 3.74. The lowest BCUT2D eigenvalue weighted by Crippen LogP contribution is -2.37. The summed E-state index contributed by atoms with van der Waals surface area (Å²) < 4.78 is 27.0. The van der Waals surface area contributed by atoms with Crippen LogP contribution in [0.4, 0.5) is 8.78 Å². The van der Waals surface area contributed by atoms with Crippen LogP contribution in [0.5, 0.6) is 0 Å². The number of nitrogens with zero attached hydrogens (tertiary/aromatic N) is 1. The second-order valence-electron chi connectivity index (χ2n) is 4.57. The third-order valence-electron chi connectivity index (χ3n) is 3.59. The van der Waals surface area contributed by atoms with E-state index >= 15 is 0 Å². The van der Waals surface area contributed by atoms with Crippen molar-refractivity contribution in [1.82, 2.24) is 4.90 Å². The van der Waals surface area contributed by atoms with Gasteiger partial charge in [0.15, 0.2) is 0 Å². The first-order chi connectivity index (χ1) is 6.63. The molecule has 0 bridgehead atoms. The van der Waals surface area contributed by atoms with E-state index in [2.05, 4.69) is 4.90 Å². The van der Waals surface area contributed by atoms with Crippen LogP contribution in [-0.2, 0) is 0 Å². The van der Waals surface area contributed by atoms with Crippen LogP contribution in [0.1, 0.15) is 19.3 Å². The minimum Gasteiger partial charge on any atom is -0.329 e. The number of likely N-dealkylation sites (tertiary alicyclic amines) is 1. The van der Waals surface area contributed by atoms with Gasteiger partial charge in [-0.05, 0) is 18.8 Å². The van der Waals surface area contributed by atoms with Crippen molar-refractivity contribution in [2.75, 3.05) is 26.2 Å². The van der Waals surface area contributed by atoms with E-state index < -0.39 is 11.8 Å². The maximum Gasteiger partial charge on any atom is 0.252 e. The molecule has 82 valence electrons. The average Bonchev–Trinajstić information content (AvgIpc) is 2.49. The molecule has 0 aromatic carbocycles. The quantitative estimate of drug-likeness (QED) is 0.735. The molecule has 1 saturated heterocycles. The average molecular weight is 204 g/mol. The standard InChI is InChI=1S/C10H18F2N2/c11-10(12)3-1-2-8-6-14(5-4-13)7-9(8)10/h8-9H,1-7,13H2/t8-,9-/m0/s1. The summed E-state index contributed by atoms with van der Waals surface area (Å²) in [5.41, 5.74) is 5.44. The number of alkyl halides is 2. The minimum absolute atomic E-state index is 0.0879. The molecule has 1 saturated carbocycles. The Bertz CT molecular complexity index is 208. The molecule has 0 aromatic rings. The van der Waals surface area contributed by atoms with E-state index in [0.717, 1.165) is 19.5 Å². The van der Waals surface area contributed by atoms with Crippen LogP contribution in [-0.4, -0.2) is 37.0 Å². The SMILES string of the molecule is NCCN1C[C@@H]2CCCC(F)(F)[C@H]2C1. The first kappa shape index (κ1) is 10.3. The van der Waals surface area contributed by atoms with E-state index in [0.29, 0.717) is 19.5 Å². The fourth-order valence-corrected chi connectivity index (χ4v) is 2.88.